The van der Waals surface area contributed by atoms with Gasteiger partial charge in [-0.05, 0) is 49.9 Å². The second kappa shape index (κ2) is 11.3. The fourth-order valence-electron chi connectivity index (χ4n) is 3.70. The van der Waals surface area contributed by atoms with E-state index in [1.165, 1.54) is 30.6 Å². The van der Waals surface area contributed by atoms with Crippen molar-refractivity contribution in [3.63, 3.8) is 0 Å². The molecule has 0 saturated carbocycles. The number of rotatable bonds is 8. The van der Waals surface area contributed by atoms with Gasteiger partial charge in [0.2, 0.25) is 0 Å². The number of carbonyl (C=O) groups excluding carboxylic acids is 1. The zero-order valence-electron chi connectivity index (χ0n) is 17.1. The van der Waals surface area contributed by atoms with Crippen LogP contribution in [0.5, 0.6) is 0 Å². The molecule has 158 valence electrons. The van der Waals surface area contributed by atoms with Crippen molar-refractivity contribution in [2.24, 2.45) is 0 Å². The predicted octanol–water partition coefficient (Wildman–Crippen LogP) is 4.56. The third-order valence-electron chi connectivity index (χ3n) is 5.42. The molecular weight excluding hydrogens is 384 g/mol. The molecule has 2 aromatic rings. The normalized spacial score (nSPS) is 19.2. The molecule has 1 saturated heterocycles. The molecule has 1 aliphatic rings. The summed E-state index contributed by atoms with van der Waals surface area (Å²) in [5.74, 6) is 0. The molecule has 2 heterocycles. The van der Waals surface area contributed by atoms with E-state index in [4.69, 9.17) is 4.74 Å². The van der Waals surface area contributed by atoms with E-state index in [0.29, 0.717) is 12.5 Å². The molecule has 3 unspecified atom stereocenters. The molecular formula is C23H32N2O3S. The second-order valence-corrected chi connectivity index (χ2v) is 8.87. The zero-order chi connectivity index (χ0) is 20.5. The molecule has 1 aromatic carbocycles. The highest BCUT2D eigenvalue weighted by Gasteiger charge is 2.24. The van der Waals surface area contributed by atoms with Crippen molar-refractivity contribution in [1.82, 2.24) is 10.6 Å². The Morgan fingerprint density at radius 2 is 2.07 bits per heavy atom. The number of alkyl carbamates (subject to hydrolysis) is 1. The van der Waals surface area contributed by atoms with Gasteiger partial charge in [0.15, 0.2) is 0 Å². The van der Waals surface area contributed by atoms with Crippen LogP contribution < -0.4 is 10.6 Å². The molecule has 0 radical (unpaired) electrons. The second-order valence-electron chi connectivity index (χ2n) is 7.67. The molecule has 1 amide bonds. The van der Waals surface area contributed by atoms with Crippen molar-refractivity contribution in [1.29, 1.82) is 0 Å². The summed E-state index contributed by atoms with van der Waals surface area (Å²) in [6, 6.07) is 13.8. The van der Waals surface area contributed by atoms with Crippen molar-refractivity contribution >= 4 is 17.4 Å². The summed E-state index contributed by atoms with van der Waals surface area (Å²) in [5, 5.41) is 17.2. The van der Waals surface area contributed by atoms with Crippen LogP contribution in [0.15, 0.2) is 42.5 Å². The van der Waals surface area contributed by atoms with Crippen molar-refractivity contribution in [2.45, 2.75) is 70.2 Å². The van der Waals surface area contributed by atoms with Gasteiger partial charge in [-0.2, -0.15) is 0 Å². The van der Waals surface area contributed by atoms with E-state index < -0.39 is 12.2 Å². The maximum atomic E-state index is 12.2. The van der Waals surface area contributed by atoms with E-state index in [-0.39, 0.29) is 12.6 Å². The van der Waals surface area contributed by atoms with Gasteiger partial charge in [0.05, 0.1) is 6.04 Å². The first-order valence-electron chi connectivity index (χ1n) is 10.6. The van der Waals surface area contributed by atoms with Crippen LogP contribution >= 0.6 is 11.3 Å². The van der Waals surface area contributed by atoms with Crippen molar-refractivity contribution in [2.75, 3.05) is 6.54 Å². The lowest BCUT2D eigenvalue weighted by Gasteiger charge is -2.22. The topological polar surface area (TPSA) is 70.6 Å². The highest BCUT2D eigenvalue weighted by atomic mass is 32.1. The Morgan fingerprint density at radius 1 is 1.24 bits per heavy atom. The molecule has 1 aromatic heterocycles. The number of carbonyl (C=O) groups is 1. The lowest BCUT2D eigenvalue weighted by molar-refractivity contribution is 0.102. The minimum absolute atomic E-state index is 0.219. The van der Waals surface area contributed by atoms with Gasteiger partial charge in [-0.25, -0.2) is 4.79 Å². The number of aliphatic hydroxyl groups is 1. The number of hydrogen-bond acceptors (Lipinski definition) is 5. The smallest absolute Gasteiger partial charge is 0.407 e. The minimum atomic E-state index is -0.731. The summed E-state index contributed by atoms with van der Waals surface area (Å²) in [7, 11) is 0. The average Bonchev–Trinajstić information content (AvgIpc) is 3.06. The number of thiophene rings is 1. The van der Waals surface area contributed by atoms with Crippen LogP contribution in [0.4, 0.5) is 4.79 Å². The molecule has 3 rings (SSSR count). The Kier molecular flexibility index (Phi) is 8.52. The Labute approximate surface area is 177 Å². The summed E-state index contributed by atoms with van der Waals surface area (Å²) >= 11 is 1.64. The molecule has 3 N–H and O–H groups in total. The molecule has 3 atom stereocenters. The first kappa shape index (κ1) is 21.8. The quantitative estimate of drug-likeness (QED) is 0.590. The largest absolute Gasteiger partial charge is 0.445 e. The fourth-order valence-corrected chi connectivity index (χ4v) is 4.84. The van der Waals surface area contributed by atoms with Gasteiger partial charge in [-0.3, -0.25) is 0 Å². The van der Waals surface area contributed by atoms with Crippen LogP contribution in [-0.2, 0) is 17.8 Å². The SMILES string of the molecule is CCC(NC(=O)OCc1ccccc1)C(O)c1ccc(CC2CCCCCN2)s1. The van der Waals surface area contributed by atoms with Gasteiger partial charge in [-0.15, -0.1) is 11.3 Å². The third kappa shape index (κ3) is 6.84. The maximum absolute atomic E-state index is 12.2. The Morgan fingerprint density at radius 3 is 2.86 bits per heavy atom. The Bertz CT molecular complexity index is 742. The number of ether oxygens (including phenoxy) is 1. The van der Waals surface area contributed by atoms with Gasteiger partial charge in [0.1, 0.15) is 12.7 Å². The van der Waals surface area contributed by atoms with Crippen molar-refractivity contribution < 1.29 is 14.6 Å². The van der Waals surface area contributed by atoms with Gasteiger partial charge < -0.3 is 20.5 Å². The lowest BCUT2D eigenvalue weighted by Crippen LogP contribution is -2.39. The van der Waals surface area contributed by atoms with Gasteiger partial charge in [0, 0.05) is 15.8 Å². The van der Waals surface area contributed by atoms with E-state index in [0.717, 1.165) is 23.4 Å². The first-order valence-corrected chi connectivity index (χ1v) is 11.4. The van der Waals surface area contributed by atoms with Crippen LogP contribution in [-0.4, -0.2) is 29.8 Å². The van der Waals surface area contributed by atoms with Crippen molar-refractivity contribution in [3.05, 3.63) is 57.8 Å². The van der Waals surface area contributed by atoms with E-state index in [1.54, 1.807) is 11.3 Å². The van der Waals surface area contributed by atoms with Crippen LogP contribution in [0.1, 0.15) is 60.4 Å². The van der Waals surface area contributed by atoms with Crippen LogP contribution in [0.2, 0.25) is 0 Å². The maximum Gasteiger partial charge on any atom is 0.407 e. The third-order valence-corrected chi connectivity index (χ3v) is 6.60. The molecule has 5 nitrogen and oxygen atoms in total. The van der Waals surface area contributed by atoms with Crippen LogP contribution in [0.3, 0.4) is 0 Å². The summed E-state index contributed by atoms with van der Waals surface area (Å²) in [6.45, 7) is 3.27. The summed E-state index contributed by atoms with van der Waals surface area (Å²) in [6.07, 6.45) is 5.45. The molecule has 29 heavy (non-hydrogen) atoms. The van der Waals surface area contributed by atoms with E-state index in [9.17, 15) is 9.90 Å². The van der Waals surface area contributed by atoms with Gasteiger partial charge in [-0.1, -0.05) is 50.1 Å². The highest BCUT2D eigenvalue weighted by Crippen LogP contribution is 2.28. The summed E-state index contributed by atoms with van der Waals surface area (Å²) in [4.78, 5) is 14.3. The number of hydrogen-bond donors (Lipinski definition) is 3. The standard InChI is InChI=1S/C23H32N2O3S/c1-2-20(25-23(27)28-16-17-9-5-3-6-10-17)22(26)21-13-12-19(29-21)15-18-11-7-4-8-14-24-18/h3,5-6,9-10,12-13,18,20,22,24,26H,2,4,7-8,11,14-16H2,1H3,(H,25,27). The fraction of sp³-hybridized carbons (Fsp3) is 0.522. The number of nitrogens with one attached hydrogen (secondary N) is 2. The molecule has 6 heteroatoms. The molecule has 1 aliphatic heterocycles. The lowest BCUT2D eigenvalue weighted by atomic mass is 10.1. The van der Waals surface area contributed by atoms with E-state index in [1.807, 2.05) is 43.3 Å². The molecule has 0 spiro atoms. The summed E-state index contributed by atoms with van der Waals surface area (Å²) in [5.41, 5.74) is 0.936. The van der Waals surface area contributed by atoms with Gasteiger partial charge >= 0.3 is 6.09 Å². The van der Waals surface area contributed by atoms with Crippen molar-refractivity contribution in [3.8, 4) is 0 Å². The minimum Gasteiger partial charge on any atom is -0.445 e. The van der Waals surface area contributed by atoms with Gasteiger partial charge in [0.25, 0.3) is 0 Å². The van der Waals surface area contributed by atoms with E-state index in [2.05, 4.69) is 16.7 Å². The number of benzene rings is 1. The Hall–Kier alpha value is -1.89. The number of amides is 1. The highest BCUT2D eigenvalue weighted by molar-refractivity contribution is 7.12. The van der Waals surface area contributed by atoms with E-state index >= 15 is 0 Å². The zero-order valence-corrected chi connectivity index (χ0v) is 17.9. The van der Waals surface area contributed by atoms with Crippen LogP contribution in [0, 0.1) is 0 Å². The number of aliphatic hydroxyl groups excluding tert-OH is 1. The summed E-state index contributed by atoms with van der Waals surface area (Å²) < 4.78 is 5.30. The molecule has 0 bridgehead atoms. The Balaban J connectivity index is 1.51. The average molecular weight is 417 g/mol. The molecule has 1 fully saturated rings. The first-order chi connectivity index (χ1) is 14.2. The predicted molar refractivity (Wildman–Crippen MR) is 117 cm³/mol. The monoisotopic (exact) mass is 416 g/mol. The van der Waals surface area contributed by atoms with Crippen LogP contribution in [0.25, 0.3) is 0 Å². The molecule has 0 aliphatic carbocycles.